The van der Waals surface area contributed by atoms with E-state index in [9.17, 15) is 0 Å². The summed E-state index contributed by atoms with van der Waals surface area (Å²) in [4.78, 5) is 4.58. The fraction of sp³-hybridized carbons (Fsp3) is 0.471. The fourth-order valence-electron chi connectivity index (χ4n) is 2.22. The lowest BCUT2D eigenvalue weighted by atomic mass is 10.1. The minimum absolute atomic E-state index is 0.390. The SMILES string of the molecule is CCNC(CSCC(C)C)c1cnc2ccccc2c1. The van der Waals surface area contributed by atoms with Crippen molar-refractivity contribution in [2.75, 3.05) is 18.1 Å². The number of thioether (sulfide) groups is 1. The van der Waals surface area contributed by atoms with Crippen LogP contribution in [0.15, 0.2) is 36.5 Å². The molecular weight excluding hydrogens is 264 g/mol. The highest BCUT2D eigenvalue weighted by molar-refractivity contribution is 7.99. The average Bonchev–Trinajstić information content (AvgIpc) is 2.45. The third kappa shape index (κ3) is 4.22. The van der Waals surface area contributed by atoms with Gasteiger partial charge in [0.05, 0.1) is 5.52 Å². The van der Waals surface area contributed by atoms with Crippen LogP contribution in [-0.4, -0.2) is 23.0 Å². The van der Waals surface area contributed by atoms with E-state index >= 15 is 0 Å². The lowest BCUT2D eigenvalue weighted by Gasteiger charge is -2.18. The van der Waals surface area contributed by atoms with Crippen molar-refractivity contribution in [2.24, 2.45) is 5.92 Å². The number of hydrogen-bond donors (Lipinski definition) is 1. The molecule has 1 aromatic carbocycles. The highest BCUT2D eigenvalue weighted by Crippen LogP contribution is 2.22. The smallest absolute Gasteiger partial charge is 0.0702 e. The maximum Gasteiger partial charge on any atom is 0.0702 e. The van der Waals surface area contributed by atoms with E-state index in [0.29, 0.717) is 6.04 Å². The van der Waals surface area contributed by atoms with Gasteiger partial charge < -0.3 is 5.32 Å². The van der Waals surface area contributed by atoms with Gasteiger partial charge in [-0.1, -0.05) is 39.0 Å². The Hall–Kier alpha value is -1.06. The highest BCUT2D eigenvalue weighted by atomic mass is 32.2. The van der Waals surface area contributed by atoms with Crippen LogP contribution >= 0.6 is 11.8 Å². The zero-order valence-corrected chi connectivity index (χ0v) is 13.4. The Balaban J connectivity index is 2.13. The molecule has 0 amide bonds. The quantitative estimate of drug-likeness (QED) is 0.823. The largest absolute Gasteiger partial charge is 0.309 e. The molecule has 1 heterocycles. The van der Waals surface area contributed by atoms with Crippen LogP contribution in [0, 0.1) is 5.92 Å². The maximum atomic E-state index is 4.58. The second-order valence-electron chi connectivity index (χ2n) is 5.50. The third-order valence-corrected chi connectivity index (χ3v) is 4.67. The average molecular weight is 288 g/mol. The molecule has 0 aliphatic rings. The highest BCUT2D eigenvalue weighted by Gasteiger charge is 2.11. The minimum atomic E-state index is 0.390. The van der Waals surface area contributed by atoms with Gasteiger partial charge in [0.1, 0.15) is 0 Å². The van der Waals surface area contributed by atoms with Gasteiger partial charge in [-0.2, -0.15) is 11.8 Å². The molecule has 2 rings (SSSR count). The molecular formula is C17H24N2S. The van der Waals surface area contributed by atoms with Crippen molar-refractivity contribution >= 4 is 22.7 Å². The summed E-state index contributed by atoms with van der Waals surface area (Å²) in [6, 6.07) is 11.0. The summed E-state index contributed by atoms with van der Waals surface area (Å²) >= 11 is 2.02. The van der Waals surface area contributed by atoms with Crippen molar-refractivity contribution in [1.82, 2.24) is 10.3 Å². The number of nitrogens with one attached hydrogen (secondary N) is 1. The van der Waals surface area contributed by atoms with Gasteiger partial charge in [-0.3, -0.25) is 4.98 Å². The molecule has 0 aliphatic heterocycles. The van der Waals surface area contributed by atoms with Crippen LogP contribution in [0.1, 0.15) is 32.4 Å². The summed E-state index contributed by atoms with van der Waals surface area (Å²) in [5.41, 5.74) is 2.36. The third-order valence-electron chi connectivity index (χ3n) is 3.20. The molecule has 1 unspecified atom stereocenters. The predicted molar refractivity (Wildman–Crippen MR) is 90.3 cm³/mol. The number of para-hydroxylation sites is 1. The van der Waals surface area contributed by atoms with Gasteiger partial charge >= 0.3 is 0 Å². The summed E-state index contributed by atoms with van der Waals surface area (Å²) in [6.45, 7) is 7.69. The molecule has 0 fully saturated rings. The predicted octanol–water partition coefficient (Wildman–Crippen LogP) is 4.27. The van der Waals surface area contributed by atoms with E-state index in [0.717, 1.165) is 23.7 Å². The zero-order valence-electron chi connectivity index (χ0n) is 12.6. The molecule has 0 saturated heterocycles. The van der Waals surface area contributed by atoms with Crippen LogP contribution in [0.4, 0.5) is 0 Å². The number of fused-ring (bicyclic) bond motifs is 1. The topological polar surface area (TPSA) is 24.9 Å². The Bertz CT molecular complexity index is 539. The maximum absolute atomic E-state index is 4.58. The van der Waals surface area contributed by atoms with E-state index in [-0.39, 0.29) is 0 Å². The number of hydrogen-bond acceptors (Lipinski definition) is 3. The molecule has 1 atom stereocenters. The van der Waals surface area contributed by atoms with Gasteiger partial charge in [0, 0.05) is 23.4 Å². The van der Waals surface area contributed by atoms with Gasteiger partial charge in [-0.25, -0.2) is 0 Å². The molecule has 0 saturated carbocycles. The molecule has 0 spiro atoms. The second kappa shape index (κ2) is 7.65. The molecule has 0 bridgehead atoms. The van der Waals surface area contributed by atoms with Gasteiger partial charge in [-0.05, 0) is 35.9 Å². The van der Waals surface area contributed by atoms with E-state index in [1.54, 1.807) is 0 Å². The second-order valence-corrected chi connectivity index (χ2v) is 6.58. The minimum Gasteiger partial charge on any atom is -0.309 e. The first-order chi connectivity index (χ1) is 9.70. The lowest BCUT2D eigenvalue weighted by Crippen LogP contribution is -2.23. The Morgan fingerprint density at radius 2 is 2.00 bits per heavy atom. The van der Waals surface area contributed by atoms with Gasteiger partial charge in [-0.15, -0.1) is 0 Å². The van der Waals surface area contributed by atoms with E-state index in [4.69, 9.17) is 0 Å². The number of nitrogens with zero attached hydrogens (tertiary/aromatic N) is 1. The van der Waals surface area contributed by atoms with Crippen molar-refractivity contribution in [2.45, 2.75) is 26.8 Å². The first kappa shape index (κ1) is 15.3. The monoisotopic (exact) mass is 288 g/mol. The van der Waals surface area contributed by atoms with Gasteiger partial charge in [0.25, 0.3) is 0 Å². The van der Waals surface area contributed by atoms with E-state index < -0.39 is 0 Å². The first-order valence-electron chi connectivity index (χ1n) is 7.36. The van der Waals surface area contributed by atoms with Crippen LogP contribution in [0.3, 0.4) is 0 Å². The summed E-state index contributed by atoms with van der Waals surface area (Å²) in [6.07, 6.45) is 2.02. The molecule has 1 aromatic heterocycles. The zero-order chi connectivity index (χ0) is 14.4. The van der Waals surface area contributed by atoms with E-state index in [1.807, 2.05) is 24.0 Å². The number of pyridine rings is 1. The molecule has 3 heteroatoms. The standard InChI is InChI=1S/C17H24N2S/c1-4-18-17(12-20-11-13(2)3)15-9-14-7-5-6-8-16(14)19-10-15/h5-10,13,17-18H,4,11-12H2,1-3H3. The Morgan fingerprint density at radius 3 is 2.75 bits per heavy atom. The van der Waals surface area contributed by atoms with E-state index in [1.165, 1.54) is 16.7 Å². The Kier molecular flexibility index (Phi) is 5.86. The summed E-state index contributed by atoms with van der Waals surface area (Å²) < 4.78 is 0. The molecule has 2 nitrogen and oxygen atoms in total. The normalized spacial score (nSPS) is 13.0. The molecule has 1 N–H and O–H groups in total. The molecule has 108 valence electrons. The molecule has 20 heavy (non-hydrogen) atoms. The lowest BCUT2D eigenvalue weighted by molar-refractivity contribution is 0.604. The Labute approximate surface area is 126 Å². The van der Waals surface area contributed by atoms with Crippen LogP contribution in [0.5, 0.6) is 0 Å². The van der Waals surface area contributed by atoms with Crippen molar-refractivity contribution in [1.29, 1.82) is 0 Å². The van der Waals surface area contributed by atoms with Crippen LogP contribution in [0.25, 0.3) is 10.9 Å². The van der Waals surface area contributed by atoms with E-state index in [2.05, 4.69) is 55.3 Å². The molecule has 2 aromatic rings. The van der Waals surface area contributed by atoms with Crippen molar-refractivity contribution in [3.8, 4) is 0 Å². The van der Waals surface area contributed by atoms with Crippen LogP contribution in [-0.2, 0) is 0 Å². The van der Waals surface area contributed by atoms with Gasteiger partial charge in [0.15, 0.2) is 0 Å². The van der Waals surface area contributed by atoms with Crippen molar-refractivity contribution in [3.05, 3.63) is 42.1 Å². The Morgan fingerprint density at radius 1 is 1.20 bits per heavy atom. The summed E-state index contributed by atoms with van der Waals surface area (Å²) in [5.74, 6) is 3.06. The number of aromatic nitrogens is 1. The molecule has 0 radical (unpaired) electrons. The van der Waals surface area contributed by atoms with Crippen molar-refractivity contribution < 1.29 is 0 Å². The van der Waals surface area contributed by atoms with Crippen LogP contribution in [0.2, 0.25) is 0 Å². The first-order valence-corrected chi connectivity index (χ1v) is 8.52. The number of rotatable bonds is 7. The number of benzene rings is 1. The summed E-state index contributed by atoms with van der Waals surface area (Å²) in [7, 11) is 0. The molecule has 0 aliphatic carbocycles. The van der Waals surface area contributed by atoms with Crippen molar-refractivity contribution in [3.63, 3.8) is 0 Å². The van der Waals surface area contributed by atoms with Gasteiger partial charge in [0.2, 0.25) is 0 Å². The van der Waals surface area contributed by atoms with Crippen LogP contribution < -0.4 is 5.32 Å². The summed E-state index contributed by atoms with van der Waals surface area (Å²) in [5, 5.41) is 4.80. The fourth-order valence-corrected chi connectivity index (χ4v) is 3.37.